The van der Waals surface area contributed by atoms with Crippen LogP contribution < -0.4 is 9.47 Å². The Kier molecular flexibility index (Phi) is 8.08. The second-order valence-electron chi connectivity index (χ2n) is 12.8. The lowest BCUT2D eigenvalue weighted by Crippen LogP contribution is -2.39. The summed E-state index contributed by atoms with van der Waals surface area (Å²) >= 11 is 0. The summed E-state index contributed by atoms with van der Waals surface area (Å²) in [6, 6.07) is 6.83. The number of carbonyl (C=O) groups is 1. The van der Waals surface area contributed by atoms with Gasteiger partial charge in [-0.15, -0.1) is 0 Å². The van der Waals surface area contributed by atoms with Gasteiger partial charge in [0.15, 0.2) is 0 Å². The Labute approximate surface area is 265 Å². The lowest BCUT2D eigenvalue weighted by molar-refractivity contribution is -0.140. The van der Waals surface area contributed by atoms with E-state index in [1.165, 1.54) is 24.7 Å². The summed E-state index contributed by atoms with van der Waals surface area (Å²) in [5.74, 6) is 1.06. The van der Waals surface area contributed by atoms with E-state index in [1.54, 1.807) is 17.3 Å². The van der Waals surface area contributed by atoms with Gasteiger partial charge >= 0.3 is 6.18 Å². The first kappa shape index (κ1) is 30.5. The van der Waals surface area contributed by atoms with Crippen LogP contribution in [0.3, 0.4) is 0 Å². The fraction of sp³-hybridized carbons (Fsp3) is 0.471. The topological polar surface area (TPSA) is 96.5 Å². The Hall–Kier alpha value is -4.19. The van der Waals surface area contributed by atoms with E-state index < -0.39 is 17.6 Å². The molecule has 0 aromatic carbocycles. The summed E-state index contributed by atoms with van der Waals surface area (Å²) in [5.41, 5.74) is 2.96. The molecule has 7 rings (SSSR count). The van der Waals surface area contributed by atoms with Gasteiger partial charge in [0, 0.05) is 50.2 Å². The standard InChI is InChI=1S/C34H37F3N6O3/c1-3-21-18-43(30(44)13-20-12-27(34(35,36)37)33(40-16-20)46-24-7-10-42(2)11-8-24)19-23-14-25(17-39-31(21)23)45-29-6-9-38-32-26(29)15-28(41-32)22-4-5-22/h6,9,12,14-17,21-22,24H,3-5,7-8,10-11,13,18-19H2,1-2H3,(H,38,41)/t21-/m1/s1. The van der Waals surface area contributed by atoms with Gasteiger partial charge in [-0.3, -0.25) is 9.78 Å². The zero-order valence-electron chi connectivity index (χ0n) is 25.9. The molecule has 1 saturated carbocycles. The van der Waals surface area contributed by atoms with Crippen molar-refractivity contribution in [3.63, 3.8) is 0 Å². The number of fused-ring (bicyclic) bond motifs is 2. The predicted octanol–water partition coefficient (Wildman–Crippen LogP) is 6.59. The quantitative estimate of drug-likeness (QED) is 0.234. The number of rotatable bonds is 8. The van der Waals surface area contributed by atoms with Crippen LogP contribution in [0, 0.1) is 0 Å². The molecule has 6 heterocycles. The fourth-order valence-electron chi connectivity index (χ4n) is 6.47. The first-order valence-corrected chi connectivity index (χ1v) is 16.0. The highest BCUT2D eigenvalue weighted by molar-refractivity contribution is 5.84. The molecule has 242 valence electrons. The number of nitrogens with one attached hydrogen (secondary N) is 1. The second-order valence-corrected chi connectivity index (χ2v) is 12.8. The summed E-state index contributed by atoms with van der Waals surface area (Å²) in [5, 5.41) is 0.903. The molecule has 12 heteroatoms. The number of ether oxygens (including phenoxy) is 2. The number of hydrogen-bond donors (Lipinski definition) is 1. The van der Waals surface area contributed by atoms with Crippen molar-refractivity contribution in [2.24, 2.45) is 0 Å². The van der Waals surface area contributed by atoms with Crippen LogP contribution in [0.4, 0.5) is 13.2 Å². The van der Waals surface area contributed by atoms with E-state index in [9.17, 15) is 18.0 Å². The molecular weight excluding hydrogens is 597 g/mol. The van der Waals surface area contributed by atoms with Crippen LogP contribution in [0.25, 0.3) is 11.0 Å². The number of aromatic amines is 1. The molecule has 2 aliphatic heterocycles. The summed E-state index contributed by atoms with van der Waals surface area (Å²) in [4.78, 5) is 34.0. The Balaban J connectivity index is 1.08. The molecule has 1 N–H and O–H groups in total. The third-order valence-corrected chi connectivity index (χ3v) is 9.28. The van der Waals surface area contributed by atoms with Crippen LogP contribution in [-0.4, -0.2) is 68.4 Å². The number of halogens is 3. The Morgan fingerprint density at radius 1 is 1.07 bits per heavy atom. The highest BCUT2D eigenvalue weighted by Crippen LogP contribution is 2.42. The van der Waals surface area contributed by atoms with E-state index in [-0.39, 0.29) is 36.5 Å². The number of amides is 1. The van der Waals surface area contributed by atoms with E-state index in [0.29, 0.717) is 36.8 Å². The molecule has 3 aliphatic rings. The maximum Gasteiger partial charge on any atom is 0.421 e. The van der Waals surface area contributed by atoms with Gasteiger partial charge in [0.2, 0.25) is 11.8 Å². The number of H-pyrrole nitrogens is 1. The highest BCUT2D eigenvalue weighted by atomic mass is 19.4. The van der Waals surface area contributed by atoms with Crippen LogP contribution in [0.2, 0.25) is 0 Å². The number of likely N-dealkylation sites (tertiary alicyclic amines) is 1. The molecule has 4 aromatic rings. The molecule has 0 spiro atoms. The number of carbonyl (C=O) groups excluding carboxylic acids is 1. The van der Waals surface area contributed by atoms with Crippen LogP contribution in [0.15, 0.2) is 42.9 Å². The third kappa shape index (κ3) is 6.40. The molecule has 2 fully saturated rings. The minimum Gasteiger partial charge on any atom is -0.474 e. The van der Waals surface area contributed by atoms with Gasteiger partial charge in [0.1, 0.15) is 28.8 Å². The summed E-state index contributed by atoms with van der Waals surface area (Å²) < 4.78 is 54.2. The van der Waals surface area contributed by atoms with E-state index >= 15 is 0 Å². The second kappa shape index (κ2) is 12.2. The summed E-state index contributed by atoms with van der Waals surface area (Å²) in [7, 11) is 1.97. The zero-order chi connectivity index (χ0) is 32.0. The lowest BCUT2D eigenvalue weighted by Gasteiger charge is -2.34. The molecule has 1 saturated heterocycles. The van der Waals surface area contributed by atoms with Crippen LogP contribution in [-0.2, 0) is 23.9 Å². The Morgan fingerprint density at radius 3 is 2.61 bits per heavy atom. The lowest BCUT2D eigenvalue weighted by atomic mass is 9.92. The molecular formula is C34H37F3N6O3. The van der Waals surface area contributed by atoms with Crippen molar-refractivity contribution in [2.75, 3.05) is 26.7 Å². The van der Waals surface area contributed by atoms with Gasteiger partial charge in [0.05, 0.1) is 23.7 Å². The normalized spacial score (nSPS) is 19.3. The molecule has 0 bridgehead atoms. The molecule has 1 aliphatic carbocycles. The van der Waals surface area contributed by atoms with Crippen molar-refractivity contribution < 1.29 is 27.4 Å². The highest BCUT2D eigenvalue weighted by Gasteiger charge is 2.37. The predicted molar refractivity (Wildman–Crippen MR) is 165 cm³/mol. The Bertz CT molecular complexity index is 1750. The first-order chi connectivity index (χ1) is 22.1. The zero-order valence-corrected chi connectivity index (χ0v) is 25.9. The van der Waals surface area contributed by atoms with Crippen molar-refractivity contribution in [1.82, 2.24) is 29.7 Å². The number of hydrogen-bond acceptors (Lipinski definition) is 7. The van der Waals surface area contributed by atoms with Crippen molar-refractivity contribution in [3.8, 4) is 17.4 Å². The number of aromatic nitrogens is 4. The van der Waals surface area contributed by atoms with Crippen molar-refractivity contribution in [2.45, 2.75) is 76.1 Å². The molecule has 1 atom stereocenters. The number of nitrogens with zero attached hydrogens (tertiary/aromatic N) is 5. The van der Waals surface area contributed by atoms with Gasteiger partial charge in [0.25, 0.3) is 0 Å². The molecule has 0 unspecified atom stereocenters. The van der Waals surface area contributed by atoms with Crippen molar-refractivity contribution in [3.05, 3.63) is 70.9 Å². The number of piperidine rings is 1. The average Bonchev–Trinajstić information content (AvgIpc) is 3.80. The maximum atomic E-state index is 14.1. The SMILES string of the molecule is CC[C@@H]1CN(C(=O)Cc2cnc(OC3CCN(C)CC3)c(C(F)(F)F)c2)Cc2cc(Oc3ccnc4[nH]c(C5CC5)cc34)cnc21. The summed E-state index contributed by atoms with van der Waals surface area (Å²) in [6.45, 7) is 4.26. The van der Waals surface area contributed by atoms with Gasteiger partial charge in [-0.05, 0) is 80.5 Å². The molecule has 1 amide bonds. The number of pyridine rings is 3. The van der Waals surface area contributed by atoms with Gasteiger partial charge < -0.3 is 24.3 Å². The molecule has 0 radical (unpaired) electrons. The van der Waals surface area contributed by atoms with Crippen LogP contribution in [0.1, 0.15) is 78.9 Å². The Morgan fingerprint density at radius 2 is 1.87 bits per heavy atom. The van der Waals surface area contributed by atoms with E-state index in [4.69, 9.17) is 14.5 Å². The monoisotopic (exact) mass is 634 g/mol. The van der Waals surface area contributed by atoms with Crippen molar-refractivity contribution >= 4 is 16.9 Å². The van der Waals surface area contributed by atoms with E-state index in [0.717, 1.165) is 47.9 Å². The van der Waals surface area contributed by atoms with Crippen LogP contribution in [0.5, 0.6) is 17.4 Å². The van der Waals surface area contributed by atoms with Gasteiger partial charge in [-0.1, -0.05) is 6.92 Å². The molecule has 9 nitrogen and oxygen atoms in total. The minimum atomic E-state index is -4.66. The van der Waals surface area contributed by atoms with Crippen LogP contribution >= 0.6 is 0 Å². The number of alkyl halides is 3. The van der Waals surface area contributed by atoms with Gasteiger partial charge in [-0.25, -0.2) is 9.97 Å². The fourth-order valence-corrected chi connectivity index (χ4v) is 6.47. The smallest absolute Gasteiger partial charge is 0.421 e. The maximum absolute atomic E-state index is 14.1. The van der Waals surface area contributed by atoms with Gasteiger partial charge in [-0.2, -0.15) is 13.2 Å². The van der Waals surface area contributed by atoms with E-state index in [2.05, 4.69) is 25.9 Å². The first-order valence-electron chi connectivity index (χ1n) is 16.0. The largest absolute Gasteiger partial charge is 0.474 e. The summed E-state index contributed by atoms with van der Waals surface area (Å²) in [6.07, 6.45) is 3.91. The molecule has 4 aromatic heterocycles. The average molecular weight is 635 g/mol. The van der Waals surface area contributed by atoms with E-state index in [1.807, 2.05) is 26.1 Å². The third-order valence-electron chi connectivity index (χ3n) is 9.28. The van der Waals surface area contributed by atoms with Crippen molar-refractivity contribution in [1.29, 1.82) is 0 Å². The molecule has 46 heavy (non-hydrogen) atoms. The minimum absolute atomic E-state index is 0.00525.